The molecule has 1 aliphatic heterocycles. The van der Waals surface area contributed by atoms with E-state index in [4.69, 9.17) is 5.73 Å². The van der Waals surface area contributed by atoms with Gasteiger partial charge in [-0.3, -0.25) is 9.59 Å². The van der Waals surface area contributed by atoms with Crippen LogP contribution in [0.4, 0.5) is 0 Å². The fourth-order valence-electron chi connectivity index (χ4n) is 3.79. The minimum atomic E-state index is -0.0870. The van der Waals surface area contributed by atoms with Crippen molar-refractivity contribution in [2.45, 2.75) is 25.8 Å². The van der Waals surface area contributed by atoms with Crippen molar-refractivity contribution in [1.82, 2.24) is 15.1 Å². The highest BCUT2D eigenvalue weighted by atomic mass is 16.2. The molecular weight excluding hydrogens is 376 g/mol. The van der Waals surface area contributed by atoms with Crippen molar-refractivity contribution in [2.24, 2.45) is 5.73 Å². The van der Waals surface area contributed by atoms with Crippen molar-refractivity contribution in [2.75, 3.05) is 39.8 Å². The topological polar surface area (TPSA) is 78.7 Å². The molecule has 2 aromatic rings. The Labute approximate surface area is 179 Å². The number of likely N-dealkylation sites (N-methyl/N-ethyl adjacent to an activating group) is 1. The van der Waals surface area contributed by atoms with E-state index in [9.17, 15) is 9.59 Å². The first-order chi connectivity index (χ1) is 14.6. The zero-order valence-corrected chi connectivity index (χ0v) is 17.8. The van der Waals surface area contributed by atoms with Gasteiger partial charge in [-0.2, -0.15) is 0 Å². The van der Waals surface area contributed by atoms with Crippen LogP contribution >= 0.6 is 0 Å². The largest absolute Gasteiger partial charge is 0.351 e. The molecule has 30 heavy (non-hydrogen) atoms. The molecule has 1 aliphatic rings. The van der Waals surface area contributed by atoms with Gasteiger partial charge in [-0.05, 0) is 60.8 Å². The zero-order chi connectivity index (χ0) is 21.3. The van der Waals surface area contributed by atoms with Gasteiger partial charge in [-0.25, -0.2) is 0 Å². The van der Waals surface area contributed by atoms with Crippen molar-refractivity contribution in [3.63, 3.8) is 0 Å². The molecule has 1 heterocycles. The summed E-state index contributed by atoms with van der Waals surface area (Å²) in [6.07, 6.45) is 3.84. The zero-order valence-electron chi connectivity index (χ0n) is 17.8. The van der Waals surface area contributed by atoms with Gasteiger partial charge < -0.3 is 20.9 Å². The number of nitrogens with one attached hydrogen (secondary N) is 1. The summed E-state index contributed by atoms with van der Waals surface area (Å²) in [5.74, 6) is -0.120. The molecule has 0 unspecified atom stereocenters. The van der Waals surface area contributed by atoms with Crippen molar-refractivity contribution < 1.29 is 9.59 Å². The number of rotatable bonds is 8. The molecule has 0 atom stereocenters. The third kappa shape index (κ3) is 6.15. The standard InChI is InChI=1S/C24H32N4O2/c1-27(23(29)17-25)18-19-6-5-7-22(16-19)20-8-10-21(11-9-20)24(30)26-12-15-28-13-3-2-4-14-28/h5-11,16H,2-4,12-15,17-18,25H2,1H3,(H,26,30). The summed E-state index contributed by atoms with van der Waals surface area (Å²) < 4.78 is 0. The Hall–Kier alpha value is -2.70. The van der Waals surface area contributed by atoms with Crippen LogP contribution in [0.2, 0.25) is 0 Å². The second kappa shape index (κ2) is 10.9. The third-order valence-electron chi connectivity index (χ3n) is 5.59. The predicted molar refractivity (Wildman–Crippen MR) is 120 cm³/mol. The smallest absolute Gasteiger partial charge is 0.251 e. The van der Waals surface area contributed by atoms with Crippen molar-refractivity contribution in [3.05, 3.63) is 59.7 Å². The Bertz CT molecular complexity index is 845. The number of piperidine rings is 1. The lowest BCUT2D eigenvalue weighted by atomic mass is 10.0. The molecule has 0 aromatic heterocycles. The molecule has 1 saturated heterocycles. The van der Waals surface area contributed by atoms with Crippen LogP contribution in [0.3, 0.4) is 0 Å². The van der Waals surface area contributed by atoms with Gasteiger partial charge in [-0.15, -0.1) is 0 Å². The molecule has 0 aliphatic carbocycles. The van der Waals surface area contributed by atoms with E-state index >= 15 is 0 Å². The predicted octanol–water partition coefficient (Wildman–Crippen LogP) is 2.49. The molecule has 0 bridgehead atoms. The molecule has 2 aromatic carbocycles. The Balaban J connectivity index is 1.56. The first-order valence-electron chi connectivity index (χ1n) is 10.7. The molecule has 3 N–H and O–H groups in total. The van der Waals surface area contributed by atoms with Crippen molar-refractivity contribution >= 4 is 11.8 Å². The third-order valence-corrected chi connectivity index (χ3v) is 5.59. The molecule has 6 nitrogen and oxygen atoms in total. The quantitative estimate of drug-likeness (QED) is 0.703. The summed E-state index contributed by atoms with van der Waals surface area (Å²) in [6, 6.07) is 15.7. The van der Waals surface area contributed by atoms with Gasteiger partial charge in [0.15, 0.2) is 0 Å². The lowest BCUT2D eigenvalue weighted by Crippen LogP contribution is -2.37. The molecule has 0 spiro atoms. The SMILES string of the molecule is CN(Cc1cccc(-c2ccc(C(=O)NCCN3CCCCC3)cc2)c1)C(=O)CN. The Kier molecular flexibility index (Phi) is 7.99. The van der Waals surface area contributed by atoms with Gasteiger partial charge in [0.05, 0.1) is 6.54 Å². The van der Waals surface area contributed by atoms with Gasteiger partial charge in [0, 0.05) is 32.2 Å². The summed E-state index contributed by atoms with van der Waals surface area (Å²) in [7, 11) is 1.75. The van der Waals surface area contributed by atoms with Gasteiger partial charge in [0.1, 0.15) is 0 Å². The van der Waals surface area contributed by atoms with E-state index in [1.165, 1.54) is 19.3 Å². The van der Waals surface area contributed by atoms with Crippen LogP contribution in [0, 0.1) is 0 Å². The first-order valence-corrected chi connectivity index (χ1v) is 10.7. The van der Waals surface area contributed by atoms with Crippen LogP contribution in [0.15, 0.2) is 48.5 Å². The molecule has 1 fully saturated rings. The Morgan fingerprint density at radius 3 is 2.47 bits per heavy atom. The molecule has 0 radical (unpaired) electrons. The highest BCUT2D eigenvalue weighted by Crippen LogP contribution is 2.21. The first kappa shape index (κ1) is 22.0. The van der Waals surface area contributed by atoms with E-state index < -0.39 is 0 Å². The maximum atomic E-state index is 12.4. The minimum absolute atomic E-state index is 0.0117. The van der Waals surface area contributed by atoms with E-state index in [2.05, 4.69) is 16.3 Å². The van der Waals surface area contributed by atoms with E-state index in [-0.39, 0.29) is 18.4 Å². The molecule has 160 valence electrons. The second-order valence-corrected chi connectivity index (χ2v) is 7.89. The number of hydrogen-bond acceptors (Lipinski definition) is 4. The number of amides is 2. The monoisotopic (exact) mass is 408 g/mol. The number of benzene rings is 2. The van der Waals surface area contributed by atoms with Crippen molar-refractivity contribution in [3.8, 4) is 11.1 Å². The van der Waals surface area contributed by atoms with Crippen LogP contribution < -0.4 is 11.1 Å². The number of nitrogens with zero attached hydrogens (tertiary/aromatic N) is 2. The fraction of sp³-hybridized carbons (Fsp3) is 0.417. The Morgan fingerprint density at radius 2 is 1.77 bits per heavy atom. The fourth-order valence-corrected chi connectivity index (χ4v) is 3.79. The molecule has 0 saturated carbocycles. The lowest BCUT2D eigenvalue weighted by Gasteiger charge is -2.26. The molecular formula is C24H32N4O2. The van der Waals surface area contributed by atoms with Crippen molar-refractivity contribution in [1.29, 1.82) is 0 Å². The van der Waals surface area contributed by atoms with E-state index in [1.54, 1.807) is 11.9 Å². The summed E-state index contributed by atoms with van der Waals surface area (Å²) >= 11 is 0. The lowest BCUT2D eigenvalue weighted by molar-refractivity contribution is -0.128. The minimum Gasteiger partial charge on any atom is -0.351 e. The van der Waals surface area contributed by atoms with Crippen LogP contribution in [0.1, 0.15) is 35.2 Å². The van der Waals surface area contributed by atoms with Crippen LogP contribution in [0.5, 0.6) is 0 Å². The molecule has 3 rings (SSSR count). The van der Waals surface area contributed by atoms with Gasteiger partial charge >= 0.3 is 0 Å². The van der Waals surface area contributed by atoms with Gasteiger partial charge in [-0.1, -0.05) is 36.8 Å². The average Bonchev–Trinajstić information content (AvgIpc) is 2.79. The van der Waals surface area contributed by atoms with E-state index in [1.807, 2.05) is 42.5 Å². The molecule has 6 heteroatoms. The maximum Gasteiger partial charge on any atom is 0.251 e. The summed E-state index contributed by atoms with van der Waals surface area (Å²) in [5.41, 5.74) is 9.23. The number of likely N-dealkylation sites (tertiary alicyclic amines) is 1. The normalized spacial score (nSPS) is 14.3. The number of nitrogens with two attached hydrogens (primary N) is 1. The van der Waals surface area contributed by atoms with Gasteiger partial charge in [0.25, 0.3) is 5.91 Å². The second-order valence-electron chi connectivity index (χ2n) is 7.89. The summed E-state index contributed by atoms with van der Waals surface area (Å²) in [6.45, 7) is 4.40. The van der Waals surface area contributed by atoms with Crippen LogP contribution in [0.25, 0.3) is 11.1 Å². The van der Waals surface area contributed by atoms with Crippen LogP contribution in [-0.4, -0.2) is 61.4 Å². The maximum absolute atomic E-state index is 12.4. The van der Waals surface area contributed by atoms with Gasteiger partial charge in [0.2, 0.25) is 5.91 Å². The summed E-state index contributed by atoms with van der Waals surface area (Å²) in [5, 5.41) is 3.02. The highest BCUT2D eigenvalue weighted by molar-refractivity contribution is 5.94. The number of hydrogen-bond donors (Lipinski definition) is 2. The summed E-state index contributed by atoms with van der Waals surface area (Å²) in [4.78, 5) is 28.2. The van der Waals surface area contributed by atoms with E-state index in [0.717, 1.165) is 36.3 Å². The number of carbonyl (C=O) groups is 2. The Morgan fingerprint density at radius 1 is 1.03 bits per heavy atom. The average molecular weight is 409 g/mol. The van der Waals surface area contributed by atoms with Crippen LogP contribution in [-0.2, 0) is 11.3 Å². The molecule has 2 amide bonds. The number of carbonyl (C=O) groups excluding carboxylic acids is 2. The van der Waals surface area contributed by atoms with E-state index in [0.29, 0.717) is 18.7 Å². The highest BCUT2D eigenvalue weighted by Gasteiger charge is 2.11.